The van der Waals surface area contributed by atoms with Gasteiger partial charge in [-0.15, -0.1) is 5.10 Å². The Bertz CT molecular complexity index is 1310. The van der Waals surface area contributed by atoms with Gasteiger partial charge in [-0.2, -0.15) is 0 Å². The first-order valence-corrected chi connectivity index (χ1v) is 10.5. The van der Waals surface area contributed by atoms with Gasteiger partial charge in [-0.3, -0.25) is 19.3 Å². The van der Waals surface area contributed by atoms with Crippen molar-refractivity contribution in [2.45, 2.75) is 32.4 Å². The minimum Gasteiger partial charge on any atom is -0.505 e. The van der Waals surface area contributed by atoms with Crippen LogP contribution >= 0.6 is 0 Å². The zero-order chi connectivity index (χ0) is 22.6. The quantitative estimate of drug-likeness (QED) is 0.670. The first-order valence-electron chi connectivity index (χ1n) is 10.5. The van der Waals surface area contributed by atoms with Crippen LogP contribution in [-0.2, 0) is 17.9 Å². The number of piperidine rings is 1. The van der Waals surface area contributed by atoms with E-state index < -0.39 is 23.0 Å². The summed E-state index contributed by atoms with van der Waals surface area (Å²) in [4.78, 5) is 41.9. The summed E-state index contributed by atoms with van der Waals surface area (Å²) in [6.45, 7) is 1.23. The van der Waals surface area contributed by atoms with E-state index in [9.17, 15) is 23.9 Å². The lowest BCUT2D eigenvalue weighted by Crippen LogP contribution is -2.39. The zero-order valence-electron chi connectivity index (χ0n) is 17.5. The molecule has 0 radical (unpaired) electrons. The number of hydrogen-bond acceptors (Lipinski definition) is 5. The number of anilines is 1. The van der Waals surface area contributed by atoms with E-state index in [-0.39, 0.29) is 29.3 Å². The van der Waals surface area contributed by atoms with E-state index in [0.717, 1.165) is 17.5 Å². The summed E-state index contributed by atoms with van der Waals surface area (Å²) in [5.74, 6) is -1.06. The first-order chi connectivity index (χ1) is 15.4. The van der Waals surface area contributed by atoms with Gasteiger partial charge in [-0.1, -0.05) is 12.1 Å². The van der Waals surface area contributed by atoms with Gasteiger partial charge in [0, 0.05) is 33.1 Å². The lowest BCUT2D eigenvalue weighted by atomic mass is 10.1. The van der Waals surface area contributed by atoms with Crippen molar-refractivity contribution in [2.24, 2.45) is 0 Å². The lowest BCUT2D eigenvalue weighted by molar-refractivity contribution is -0.119. The van der Waals surface area contributed by atoms with Crippen molar-refractivity contribution in [1.82, 2.24) is 19.2 Å². The van der Waals surface area contributed by atoms with Crippen LogP contribution in [0.3, 0.4) is 0 Å². The van der Waals surface area contributed by atoms with E-state index in [0.29, 0.717) is 37.1 Å². The molecule has 1 N–H and O–H groups in total. The lowest BCUT2D eigenvalue weighted by Gasteiger charge is -2.28. The largest absolute Gasteiger partial charge is 0.505 e. The van der Waals surface area contributed by atoms with Crippen molar-refractivity contribution in [1.29, 1.82) is 0 Å². The molecule has 1 saturated heterocycles. The molecule has 166 valence electrons. The molecular formula is C22H22FN5O4. The van der Waals surface area contributed by atoms with Crippen molar-refractivity contribution in [2.75, 3.05) is 25.0 Å². The van der Waals surface area contributed by atoms with Crippen LogP contribution in [0.2, 0.25) is 0 Å². The maximum atomic E-state index is 13.4. The van der Waals surface area contributed by atoms with Crippen LogP contribution in [0.4, 0.5) is 10.2 Å². The second kappa shape index (κ2) is 7.47. The predicted molar refractivity (Wildman–Crippen MR) is 114 cm³/mol. The molecule has 2 aliphatic rings. The number of aromatic nitrogens is 3. The van der Waals surface area contributed by atoms with Gasteiger partial charge in [0.05, 0.1) is 6.54 Å². The number of hydrogen-bond donors (Lipinski definition) is 1. The summed E-state index contributed by atoms with van der Waals surface area (Å²) in [6, 6.07) is 5.67. The van der Waals surface area contributed by atoms with Crippen molar-refractivity contribution in [3.8, 4) is 5.75 Å². The molecule has 0 atom stereocenters. The molecule has 2 aromatic heterocycles. The van der Waals surface area contributed by atoms with Gasteiger partial charge in [-0.05, 0) is 30.5 Å². The fourth-order valence-electron chi connectivity index (χ4n) is 4.43. The van der Waals surface area contributed by atoms with Crippen molar-refractivity contribution in [3.63, 3.8) is 0 Å². The summed E-state index contributed by atoms with van der Waals surface area (Å²) in [7, 11) is 1.63. The maximum absolute atomic E-state index is 13.4. The Morgan fingerprint density at radius 3 is 2.53 bits per heavy atom. The van der Waals surface area contributed by atoms with Crippen LogP contribution in [0.25, 0.3) is 10.9 Å². The van der Waals surface area contributed by atoms with E-state index >= 15 is 0 Å². The van der Waals surface area contributed by atoms with E-state index in [4.69, 9.17) is 0 Å². The third-order valence-electron chi connectivity index (χ3n) is 6.15. The number of fused-ring (bicyclic) bond motifs is 3. The highest BCUT2D eigenvalue weighted by molar-refractivity contribution is 6.09. The Morgan fingerprint density at radius 1 is 1.06 bits per heavy atom. The molecular weight excluding hydrogens is 417 g/mol. The van der Waals surface area contributed by atoms with Crippen molar-refractivity contribution >= 4 is 28.5 Å². The minimum absolute atomic E-state index is 0.0257. The summed E-state index contributed by atoms with van der Waals surface area (Å²) < 4.78 is 16.1. The summed E-state index contributed by atoms with van der Waals surface area (Å²) in [5, 5.41) is 15.4. The minimum atomic E-state index is -0.576. The Kier molecular flexibility index (Phi) is 4.72. The molecule has 32 heavy (non-hydrogen) atoms. The highest BCUT2D eigenvalue weighted by atomic mass is 19.1. The Morgan fingerprint density at radius 2 is 1.81 bits per heavy atom. The molecule has 0 bridgehead atoms. The third kappa shape index (κ3) is 3.05. The number of halogens is 1. The van der Waals surface area contributed by atoms with Crippen molar-refractivity contribution < 1.29 is 19.1 Å². The van der Waals surface area contributed by atoms with Gasteiger partial charge in [0.25, 0.3) is 11.5 Å². The standard InChI is InChI=1S/C22H22FN5O4/c1-25-10-11-27-17-16(19(30)18(27)22(25)32)21(31)28(12-13-5-7-14(23)8-6-13)24-20(17)26-9-3-2-4-15(26)29/h5-8,30H,2-4,9-12H2,1H3. The normalized spacial score (nSPS) is 16.7. The van der Waals surface area contributed by atoms with Gasteiger partial charge in [0.15, 0.2) is 17.3 Å². The Labute approximate surface area is 182 Å². The topological polar surface area (TPSA) is 101 Å². The van der Waals surface area contributed by atoms with Crippen LogP contribution in [0.1, 0.15) is 35.3 Å². The Balaban J connectivity index is 1.78. The number of carbonyl (C=O) groups excluding carboxylic acids is 2. The molecule has 3 aromatic rings. The molecule has 9 nitrogen and oxygen atoms in total. The van der Waals surface area contributed by atoms with Gasteiger partial charge >= 0.3 is 0 Å². The monoisotopic (exact) mass is 439 g/mol. The molecule has 2 aliphatic heterocycles. The Hall–Kier alpha value is -3.69. The molecule has 2 amide bonds. The SMILES string of the molecule is CN1CCn2c(c(O)c3c(=O)n(Cc4ccc(F)cc4)nc(N4CCCCC4=O)c32)C1=O. The molecule has 0 aliphatic carbocycles. The fraction of sp³-hybridized carbons (Fsp3) is 0.364. The van der Waals surface area contributed by atoms with E-state index in [2.05, 4.69) is 5.10 Å². The van der Waals surface area contributed by atoms with Gasteiger partial charge in [0.1, 0.15) is 16.7 Å². The molecule has 0 unspecified atom stereocenters. The highest BCUT2D eigenvalue weighted by Gasteiger charge is 2.35. The fourth-order valence-corrected chi connectivity index (χ4v) is 4.43. The second-order valence-corrected chi connectivity index (χ2v) is 8.21. The van der Waals surface area contributed by atoms with Crippen LogP contribution in [0, 0.1) is 5.82 Å². The van der Waals surface area contributed by atoms with Crippen LogP contribution in [0.15, 0.2) is 29.1 Å². The predicted octanol–water partition coefficient (Wildman–Crippen LogP) is 1.69. The number of nitrogens with zero attached hydrogens (tertiary/aromatic N) is 5. The van der Waals surface area contributed by atoms with Gasteiger partial charge < -0.3 is 14.6 Å². The molecule has 1 aromatic carbocycles. The second-order valence-electron chi connectivity index (χ2n) is 8.21. The smallest absolute Gasteiger partial charge is 0.280 e. The molecule has 0 saturated carbocycles. The average Bonchev–Trinajstić information content (AvgIpc) is 3.08. The van der Waals surface area contributed by atoms with Gasteiger partial charge in [0.2, 0.25) is 5.91 Å². The first kappa shape index (κ1) is 20.2. The van der Waals surface area contributed by atoms with E-state index in [1.54, 1.807) is 23.7 Å². The number of benzene rings is 1. The summed E-state index contributed by atoms with van der Waals surface area (Å²) >= 11 is 0. The number of aromatic hydroxyl groups is 1. The zero-order valence-corrected chi connectivity index (χ0v) is 17.5. The number of rotatable bonds is 3. The van der Waals surface area contributed by atoms with Crippen LogP contribution in [-0.4, -0.2) is 56.3 Å². The van der Waals surface area contributed by atoms with Crippen LogP contribution < -0.4 is 10.5 Å². The molecule has 5 rings (SSSR count). The van der Waals surface area contributed by atoms with E-state index in [1.807, 2.05) is 0 Å². The number of carbonyl (C=O) groups is 2. The summed E-state index contributed by atoms with van der Waals surface area (Å²) in [5.41, 5.74) is 0.385. The van der Waals surface area contributed by atoms with Crippen molar-refractivity contribution in [3.05, 3.63) is 51.7 Å². The van der Waals surface area contributed by atoms with E-state index in [1.165, 1.54) is 21.9 Å². The number of likely N-dealkylation sites (N-methyl/N-ethyl adjacent to an activating group) is 1. The molecule has 10 heteroatoms. The average molecular weight is 439 g/mol. The molecule has 1 fully saturated rings. The molecule has 4 heterocycles. The third-order valence-corrected chi connectivity index (χ3v) is 6.15. The number of amides is 2. The highest BCUT2D eigenvalue weighted by Crippen LogP contribution is 2.37. The summed E-state index contributed by atoms with van der Waals surface area (Å²) in [6.07, 6.45) is 1.92. The van der Waals surface area contributed by atoms with Crippen LogP contribution in [0.5, 0.6) is 5.75 Å². The molecule has 0 spiro atoms. The van der Waals surface area contributed by atoms with Gasteiger partial charge in [-0.25, -0.2) is 9.07 Å². The maximum Gasteiger partial charge on any atom is 0.280 e.